The predicted octanol–water partition coefficient (Wildman–Crippen LogP) is 4.51. The van der Waals surface area contributed by atoms with Gasteiger partial charge in [-0.3, -0.25) is 0 Å². The van der Waals surface area contributed by atoms with Crippen molar-refractivity contribution in [1.82, 2.24) is 15.0 Å². The van der Waals surface area contributed by atoms with E-state index in [9.17, 15) is 23.5 Å². The molecule has 14 heteroatoms. The second-order valence-electron chi connectivity index (χ2n) is 9.68. The number of ether oxygens (including phenoxy) is 2. The summed E-state index contributed by atoms with van der Waals surface area (Å²) in [5, 5.41) is 19.4. The van der Waals surface area contributed by atoms with Crippen LogP contribution in [-0.2, 0) is 6.18 Å². The van der Waals surface area contributed by atoms with Crippen molar-refractivity contribution in [3.05, 3.63) is 28.0 Å². The lowest BCUT2D eigenvalue weighted by Crippen LogP contribution is -2.47. The maximum atomic E-state index is 16.3. The molecule has 0 amide bonds. The van der Waals surface area contributed by atoms with E-state index in [1.54, 1.807) is 4.90 Å². The van der Waals surface area contributed by atoms with E-state index in [1.165, 1.54) is 21.0 Å². The van der Waals surface area contributed by atoms with Crippen LogP contribution >= 0.6 is 11.6 Å². The van der Waals surface area contributed by atoms with Crippen molar-refractivity contribution in [2.24, 2.45) is 11.8 Å². The Hall–Kier alpha value is -3.63. The maximum Gasteiger partial charge on any atom is 0.418 e. The molecule has 2 aromatic heterocycles. The van der Waals surface area contributed by atoms with Gasteiger partial charge in [0, 0.05) is 6.54 Å². The molecule has 1 saturated carbocycles. The van der Waals surface area contributed by atoms with Crippen molar-refractivity contribution in [3.8, 4) is 29.1 Å². The highest BCUT2D eigenvalue weighted by Crippen LogP contribution is 2.51. The fourth-order valence-corrected chi connectivity index (χ4v) is 5.33. The van der Waals surface area contributed by atoms with E-state index < -0.39 is 51.5 Å². The molecule has 1 aromatic carbocycles. The molecule has 0 saturated heterocycles. The number of aromatic nitrogens is 3. The van der Waals surface area contributed by atoms with Gasteiger partial charge in [0.1, 0.15) is 23.8 Å². The predicted molar refractivity (Wildman–Crippen MR) is 134 cm³/mol. The summed E-state index contributed by atoms with van der Waals surface area (Å²) in [7, 11) is 1.25. The lowest BCUT2D eigenvalue weighted by Gasteiger charge is -2.33. The number of benzene rings is 1. The maximum absolute atomic E-state index is 16.3. The molecule has 0 spiro atoms. The summed E-state index contributed by atoms with van der Waals surface area (Å²) in [6, 6.07) is 2.25. The molecule has 1 aliphatic heterocycles. The quantitative estimate of drug-likeness (QED) is 0.428. The minimum absolute atomic E-state index is 0.00598. The number of aliphatic hydroxyl groups excluding tert-OH is 1. The first-order chi connectivity index (χ1) is 18.4. The molecule has 3 N–H and O–H groups in total. The second-order valence-corrected chi connectivity index (χ2v) is 10.1. The Morgan fingerprint density at radius 1 is 1.36 bits per heavy atom. The highest BCUT2D eigenvalue weighted by molar-refractivity contribution is 6.36. The number of hydrogen-bond donors (Lipinski definition) is 2. The highest BCUT2D eigenvalue weighted by atomic mass is 35.5. The molecule has 3 heterocycles. The van der Waals surface area contributed by atoms with E-state index in [2.05, 4.69) is 21.0 Å². The van der Waals surface area contributed by atoms with Crippen LogP contribution in [0.1, 0.15) is 24.5 Å². The van der Waals surface area contributed by atoms with Crippen molar-refractivity contribution < 1.29 is 32.1 Å². The van der Waals surface area contributed by atoms with Crippen molar-refractivity contribution in [3.63, 3.8) is 0 Å². The third kappa shape index (κ3) is 4.51. The largest absolute Gasteiger partial charge is 0.489 e. The topological polar surface area (TPSA) is 130 Å². The number of pyridine rings is 1. The molecule has 0 bridgehead atoms. The van der Waals surface area contributed by atoms with Crippen molar-refractivity contribution >= 4 is 34.1 Å². The Balaban J connectivity index is 1.84. The zero-order valence-electron chi connectivity index (χ0n) is 21.0. The molecule has 3 aromatic rings. The number of anilines is 2. The van der Waals surface area contributed by atoms with Crippen LogP contribution < -0.4 is 20.1 Å². The van der Waals surface area contributed by atoms with Crippen LogP contribution in [0.15, 0.2) is 6.07 Å². The van der Waals surface area contributed by atoms with Gasteiger partial charge in [-0.2, -0.15) is 28.4 Å². The summed E-state index contributed by atoms with van der Waals surface area (Å²) < 4.78 is 69.9. The molecule has 4 unspecified atom stereocenters. The third-order valence-electron chi connectivity index (χ3n) is 7.03. The highest BCUT2D eigenvalue weighted by Gasteiger charge is 2.44. The first-order valence-corrected chi connectivity index (χ1v) is 12.3. The Kier molecular flexibility index (Phi) is 6.59. The Bertz CT molecular complexity index is 1530. The van der Waals surface area contributed by atoms with Crippen molar-refractivity contribution in [2.45, 2.75) is 38.6 Å². The molecular formula is C25H23ClF4N6O3. The van der Waals surface area contributed by atoms with Crippen molar-refractivity contribution in [1.29, 1.82) is 5.26 Å². The Morgan fingerprint density at radius 2 is 2.08 bits per heavy atom. The molecule has 5 rings (SSSR count). The van der Waals surface area contributed by atoms with Gasteiger partial charge < -0.3 is 25.2 Å². The number of nitrogens with two attached hydrogens (primary N) is 1. The molecule has 1 fully saturated rings. The monoisotopic (exact) mass is 566 g/mol. The zero-order chi connectivity index (χ0) is 28.4. The summed E-state index contributed by atoms with van der Waals surface area (Å²) >= 11 is 6.62. The molecule has 2 aliphatic rings. The van der Waals surface area contributed by atoms with Gasteiger partial charge in [0.2, 0.25) is 0 Å². The van der Waals surface area contributed by atoms with Crippen LogP contribution in [0.25, 0.3) is 22.2 Å². The minimum atomic E-state index is -4.91. The summed E-state index contributed by atoms with van der Waals surface area (Å²) in [6.07, 6.45) is -5.26. The van der Waals surface area contributed by atoms with Gasteiger partial charge in [-0.25, -0.2) is 9.37 Å². The van der Waals surface area contributed by atoms with Gasteiger partial charge >= 0.3 is 12.2 Å². The van der Waals surface area contributed by atoms with Crippen molar-refractivity contribution in [2.75, 3.05) is 30.9 Å². The number of aryl methyl sites for hydroxylation is 1. The molecular weight excluding hydrogens is 544 g/mol. The number of nitrogens with zero attached hydrogens (tertiary/aromatic N) is 5. The number of alkyl halides is 3. The van der Waals surface area contributed by atoms with Crippen LogP contribution in [0, 0.1) is 35.9 Å². The van der Waals surface area contributed by atoms with Gasteiger partial charge in [-0.1, -0.05) is 11.6 Å². The summed E-state index contributed by atoms with van der Waals surface area (Å²) in [6.45, 7) is 2.82. The van der Waals surface area contributed by atoms with E-state index in [4.69, 9.17) is 26.8 Å². The first kappa shape index (κ1) is 27.0. The lowest BCUT2D eigenvalue weighted by molar-refractivity contribution is -0.137. The van der Waals surface area contributed by atoms with E-state index in [0.29, 0.717) is 6.42 Å². The smallest absolute Gasteiger partial charge is 0.418 e. The second kappa shape index (κ2) is 9.53. The number of nitriles is 1. The number of halogens is 5. The lowest BCUT2D eigenvalue weighted by atomic mass is 9.98. The number of nitrogen functional groups attached to an aromatic ring is 1. The van der Waals surface area contributed by atoms with E-state index >= 15 is 4.39 Å². The number of rotatable bonds is 5. The van der Waals surface area contributed by atoms with Gasteiger partial charge in [0.05, 0.1) is 58.5 Å². The normalized spacial score (nSPS) is 21.2. The molecule has 206 valence electrons. The van der Waals surface area contributed by atoms with Gasteiger partial charge in [-0.05, 0) is 37.8 Å². The van der Waals surface area contributed by atoms with Crippen LogP contribution in [0.5, 0.6) is 11.8 Å². The first-order valence-electron chi connectivity index (χ1n) is 12.0. The van der Waals surface area contributed by atoms with Gasteiger partial charge in [0.25, 0.3) is 0 Å². The fraction of sp³-hybridized carbons (Fsp3) is 0.440. The SMILES string of the molecule is COc1nc2c3c(c(Cl)c(-c4nc(N)cc(C)c4C(F)(F)F)c(F)c3n1)OCC(C(C)O)N2CC1CC1C#N. The van der Waals surface area contributed by atoms with E-state index in [1.807, 2.05) is 0 Å². The minimum Gasteiger partial charge on any atom is -0.489 e. The molecule has 4 atom stereocenters. The van der Waals surface area contributed by atoms with Crippen LogP contribution in [0.4, 0.5) is 29.2 Å². The Morgan fingerprint density at radius 3 is 2.67 bits per heavy atom. The van der Waals surface area contributed by atoms with Crippen LogP contribution in [0.2, 0.25) is 5.02 Å². The molecule has 39 heavy (non-hydrogen) atoms. The zero-order valence-corrected chi connectivity index (χ0v) is 21.7. The van der Waals surface area contributed by atoms with Crippen LogP contribution in [0.3, 0.4) is 0 Å². The summed E-state index contributed by atoms with van der Waals surface area (Å²) in [4.78, 5) is 14.0. The number of methoxy groups -OCH3 is 1. The average Bonchev–Trinajstić information content (AvgIpc) is 3.63. The fourth-order valence-electron chi connectivity index (χ4n) is 5.01. The number of hydrogen-bond acceptors (Lipinski definition) is 9. The van der Waals surface area contributed by atoms with E-state index in [-0.39, 0.29) is 59.3 Å². The van der Waals surface area contributed by atoms with Gasteiger partial charge in [0.15, 0.2) is 11.6 Å². The standard InChI is InChI=1S/C25H23ClF4N6O3/c1-9-4-14(32)33-20(17(9)25(28,29)30)15-18(26)22-16-21(19(15)27)34-24(38-3)35-23(16)36(7-12-5-11(12)6-31)13(8-39-22)10(2)37/h4,10-13,37H,5,7-8H2,1-3H3,(H2,32,33). The third-order valence-corrected chi connectivity index (χ3v) is 7.39. The summed E-state index contributed by atoms with van der Waals surface area (Å²) in [5.41, 5.74) is 2.36. The molecule has 1 aliphatic carbocycles. The number of aliphatic hydroxyl groups is 1. The Labute approximate surface area is 225 Å². The summed E-state index contributed by atoms with van der Waals surface area (Å²) in [5.74, 6) is -1.76. The average molecular weight is 567 g/mol. The van der Waals surface area contributed by atoms with Crippen LogP contribution in [-0.4, -0.2) is 52.5 Å². The van der Waals surface area contributed by atoms with E-state index in [0.717, 1.165) is 6.07 Å². The molecule has 9 nitrogen and oxygen atoms in total. The molecule has 0 radical (unpaired) electrons. The van der Waals surface area contributed by atoms with Gasteiger partial charge in [-0.15, -0.1) is 0 Å².